The average Bonchev–Trinajstić information content (AvgIpc) is 2.97. The molecule has 0 aromatic carbocycles. The average molecular weight is 241 g/mol. The van der Waals surface area contributed by atoms with Crippen molar-refractivity contribution in [3.63, 3.8) is 0 Å². The van der Waals surface area contributed by atoms with Gasteiger partial charge in [-0.2, -0.15) is 0 Å². The fourth-order valence-corrected chi connectivity index (χ4v) is 3.86. The minimum atomic E-state index is -0.573. The van der Waals surface area contributed by atoms with E-state index >= 15 is 0 Å². The molecule has 0 spiro atoms. The monoisotopic (exact) mass is 243 g/mol. The second-order valence-corrected chi connectivity index (χ2v) is 5.82. The van der Waals surface area contributed by atoms with Crippen LogP contribution in [-0.2, 0) is 7.05 Å². The molecule has 20 heavy (non-hydrogen) atoms. The Hall–Kier alpha value is -0.201. The number of rotatable bonds is 5. The molecule has 1 aliphatic heterocycles. The molecule has 1 aromatic heterocycles. The molecule has 0 amide bonds. The Balaban J connectivity index is 2.44. The van der Waals surface area contributed by atoms with Gasteiger partial charge in [0.2, 0.25) is 0 Å². The zero-order valence-electron chi connectivity index (χ0n) is 12.1. The fourth-order valence-electron chi connectivity index (χ4n) is 3.86. The summed E-state index contributed by atoms with van der Waals surface area (Å²) < 4.78 is 2.08. The van der Waals surface area contributed by atoms with Crippen LogP contribution in [0.15, 0.2) is 24.4 Å². The lowest BCUT2D eigenvalue weighted by Crippen LogP contribution is -2.59. The van der Waals surface area contributed by atoms with Crippen LogP contribution in [0, 0.1) is 0 Å². The predicted octanol–water partition coefficient (Wildman–Crippen LogP) is -3.06. The third-order valence-electron chi connectivity index (χ3n) is 4.91. The third kappa shape index (κ3) is 2.29. The molecule has 0 N–H and O–H groups in total. The Kier molecular flexibility index (Phi) is 4.76. The summed E-state index contributed by atoms with van der Waals surface area (Å²) in [6, 6.07) is 6.08. The Morgan fingerprint density at radius 2 is 1.95 bits per heavy atom. The van der Waals surface area contributed by atoms with Gasteiger partial charge >= 0.3 is 0 Å². The number of hydrogen-bond acceptors (Lipinski definition) is 0. The van der Waals surface area contributed by atoms with E-state index in [0.717, 1.165) is 0 Å². The van der Waals surface area contributed by atoms with E-state index < -0.39 is 12.9 Å². The number of nitrogens with zero attached hydrogens (tertiary/aromatic N) is 1. The number of aryl methyl sites for hydroxylation is 1. The molecule has 1 fully saturated rings. The van der Waals surface area contributed by atoms with Crippen LogP contribution in [0.3, 0.4) is 0 Å². The van der Waals surface area contributed by atoms with Gasteiger partial charge in [-0.05, 0) is 6.07 Å². The van der Waals surface area contributed by atoms with E-state index in [0.29, 0.717) is 0 Å². The highest BCUT2D eigenvalue weighted by Gasteiger charge is 2.71. The lowest BCUT2D eigenvalue weighted by molar-refractivity contribution is -0.654. The Labute approximate surface area is 131 Å². The normalized spacial score (nSPS) is 24.1. The molecule has 0 aliphatic carbocycles. The van der Waals surface area contributed by atoms with Gasteiger partial charge in [-0.1, -0.05) is 18.8 Å². The second-order valence-electron chi connectivity index (χ2n) is 5.82. The maximum Gasteiger partial charge on any atom is 0.251 e. The SMILES string of the molecule is [B][B]B(B([B])[B])C1(B([B])[B])B(c2cccc[n+]2C)C1C. The van der Waals surface area contributed by atoms with Crippen molar-refractivity contribution in [3.8, 4) is 0 Å². The first-order valence-electron chi connectivity index (χ1n) is 6.91. The molecule has 2 rings (SSSR count). The van der Waals surface area contributed by atoms with Crippen molar-refractivity contribution >= 4 is 77.4 Å². The molecular formula is C9H11B10N+. The maximum absolute atomic E-state index is 6.10. The van der Waals surface area contributed by atoms with E-state index in [1.807, 2.05) is 25.4 Å². The summed E-state index contributed by atoms with van der Waals surface area (Å²) in [5.74, 6) is 0.274. The molecule has 2 atom stereocenters. The van der Waals surface area contributed by atoms with Crippen molar-refractivity contribution in [1.82, 2.24) is 0 Å². The van der Waals surface area contributed by atoms with E-state index in [9.17, 15) is 0 Å². The smallest absolute Gasteiger partial charge is 0.215 e. The topological polar surface area (TPSA) is 3.88 Å². The van der Waals surface area contributed by atoms with E-state index in [-0.39, 0.29) is 24.1 Å². The number of aromatic nitrogens is 1. The van der Waals surface area contributed by atoms with Crippen molar-refractivity contribution in [2.45, 2.75) is 17.9 Å². The standard InChI is InChI=1S/C9H11B10N/c1-7-9(17(11)12,18(15-10)19(13)14)16(7)8-5-3-4-6-20(8)2/h3-7H,1-2H3/q+1. The molecule has 0 saturated carbocycles. The van der Waals surface area contributed by atoms with Crippen LogP contribution < -0.4 is 10.2 Å². The molecule has 11 radical (unpaired) electrons. The molecule has 1 saturated heterocycles. The maximum atomic E-state index is 6.10. The Bertz CT molecular complexity index is 482. The Morgan fingerprint density at radius 3 is 2.40 bits per heavy atom. The molecule has 81 valence electrons. The van der Waals surface area contributed by atoms with E-state index in [1.165, 1.54) is 5.59 Å². The molecule has 2 unspecified atom stereocenters. The molecule has 11 heteroatoms. The van der Waals surface area contributed by atoms with Gasteiger partial charge in [0, 0.05) is 71.2 Å². The number of pyridine rings is 1. The highest BCUT2D eigenvalue weighted by molar-refractivity contribution is 7.76. The summed E-state index contributed by atoms with van der Waals surface area (Å²) in [7, 11) is 33.3. The minimum absolute atomic E-state index is 0.202. The van der Waals surface area contributed by atoms with Gasteiger partial charge in [-0.25, -0.2) is 4.57 Å². The molecule has 1 aromatic rings. The van der Waals surface area contributed by atoms with Gasteiger partial charge in [-0.15, -0.1) is 5.11 Å². The molecule has 2 heterocycles. The van der Waals surface area contributed by atoms with Crippen molar-refractivity contribution in [3.05, 3.63) is 24.4 Å². The summed E-state index contributed by atoms with van der Waals surface area (Å²) in [5, 5.41) is -0.387. The largest absolute Gasteiger partial charge is 0.251 e. The third-order valence-corrected chi connectivity index (χ3v) is 4.91. The van der Waals surface area contributed by atoms with Gasteiger partial charge in [-0.3, -0.25) is 0 Å². The first-order chi connectivity index (χ1) is 9.38. The number of hydrogen-bond donors (Lipinski definition) is 0. The quantitative estimate of drug-likeness (QED) is 0.381. The summed E-state index contributed by atoms with van der Waals surface area (Å²) >= 11 is 0. The van der Waals surface area contributed by atoms with Crippen LogP contribution in [-0.4, -0.2) is 71.8 Å². The van der Waals surface area contributed by atoms with Crippen LogP contribution >= 0.6 is 0 Å². The summed E-state index contributed by atoms with van der Waals surface area (Å²) in [6.45, 7) is 1.58. The van der Waals surface area contributed by atoms with Crippen molar-refractivity contribution in [2.75, 3.05) is 0 Å². The van der Waals surface area contributed by atoms with Crippen LogP contribution in [0.4, 0.5) is 0 Å². The fraction of sp³-hybridized carbons (Fsp3) is 0.444. The van der Waals surface area contributed by atoms with Crippen molar-refractivity contribution in [2.24, 2.45) is 7.05 Å². The summed E-state index contributed by atoms with van der Waals surface area (Å²) in [5.41, 5.74) is 1.17. The van der Waals surface area contributed by atoms with Crippen LogP contribution in [0.2, 0.25) is 10.9 Å². The highest BCUT2D eigenvalue weighted by atomic mass is 14.9. The first-order valence-corrected chi connectivity index (χ1v) is 6.91. The highest BCUT2D eigenvalue weighted by Crippen LogP contribution is 2.64. The van der Waals surface area contributed by atoms with Gasteiger partial charge in [0.1, 0.15) is 12.6 Å². The van der Waals surface area contributed by atoms with Crippen LogP contribution in [0.1, 0.15) is 6.92 Å². The predicted molar refractivity (Wildman–Crippen MR) is 96.9 cm³/mol. The zero-order chi connectivity index (χ0) is 15.1. The van der Waals surface area contributed by atoms with E-state index in [2.05, 4.69) is 17.6 Å². The second kappa shape index (κ2) is 5.89. The molecule has 1 aliphatic rings. The van der Waals surface area contributed by atoms with Crippen molar-refractivity contribution < 1.29 is 4.57 Å². The van der Waals surface area contributed by atoms with E-state index in [1.54, 1.807) is 7.06 Å². The summed E-state index contributed by atoms with van der Waals surface area (Å²) in [4.78, 5) is 0. The molecule has 0 bridgehead atoms. The van der Waals surface area contributed by atoms with E-state index in [4.69, 9.17) is 38.7 Å². The summed E-state index contributed by atoms with van der Waals surface area (Å²) in [6.07, 6.45) is 1.44. The zero-order valence-corrected chi connectivity index (χ0v) is 12.1. The lowest BCUT2D eigenvalue weighted by atomic mass is 8.73. The molecular weight excluding hydrogens is 230 g/mol. The van der Waals surface area contributed by atoms with Crippen LogP contribution in [0.25, 0.3) is 0 Å². The van der Waals surface area contributed by atoms with Crippen molar-refractivity contribution in [1.29, 1.82) is 0 Å². The Morgan fingerprint density at radius 1 is 1.30 bits per heavy atom. The van der Waals surface area contributed by atoms with Gasteiger partial charge in [0.25, 0.3) is 6.71 Å². The van der Waals surface area contributed by atoms with Gasteiger partial charge in [0.15, 0.2) is 6.20 Å². The first kappa shape index (κ1) is 16.2. The molecule has 1 nitrogen and oxygen atoms in total. The van der Waals surface area contributed by atoms with Gasteiger partial charge < -0.3 is 0 Å². The lowest BCUT2D eigenvalue weighted by Gasteiger charge is -2.33. The minimum Gasteiger partial charge on any atom is -0.215 e. The van der Waals surface area contributed by atoms with Gasteiger partial charge in [0.05, 0.1) is 0 Å². The van der Waals surface area contributed by atoms with Crippen LogP contribution in [0.5, 0.6) is 0 Å².